The first kappa shape index (κ1) is 18.1. The van der Waals surface area contributed by atoms with Gasteiger partial charge in [0.1, 0.15) is 6.10 Å². The van der Waals surface area contributed by atoms with E-state index in [0.29, 0.717) is 23.4 Å². The van der Waals surface area contributed by atoms with Gasteiger partial charge in [-0.05, 0) is 62.3 Å². The van der Waals surface area contributed by atoms with Crippen molar-refractivity contribution in [2.24, 2.45) is 5.14 Å². The quantitative estimate of drug-likeness (QED) is 0.688. The molecule has 0 aliphatic heterocycles. The molecule has 1 aromatic heterocycles. The maximum atomic E-state index is 11.3. The maximum Gasteiger partial charge on any atom is 0.238 e. The summed E-state index contributed by atoms with van der Waals surface area (Å²) in [7, 11) is -3.73. The number of nitrogens with one attached hydrogen (secondary N) is 1. The second-order valence-corrected chi connectivity index (χ2v) is 8.64. The first-order valence-electron chi connectivity index (χ1n) is 9.02. The van der Waals surface area contributed by atoms with Crippen LogP contribution >= 0.6 is 0 Å². The van der Waals surface area contributed by atoms with Crippen molar-refractivity contribution >= 4 is 21.7 Å². The first-order chi connectivity index (χ1) is 12.9. The van der Waals surface area contributed by atoms with Crippen LogP contribution in [0.2, 0.25) is 0 Å². The summed E-state index contributed by atoms with van der Waals surface area (Å²) in [5, 5.41) is 18.2. The molecule has 0 bridgehead atoms. The number of aliphatic hydroxyl groups is 1. The Morgan fingerprint density at radius 3 is 2.48 bits per heavy atom. The van der Waals surface area contributed by atoms with Crippen LogP contribution in [0.5, 0.6) is 5.88 Å². The summed E-state index contributed by atoms with van der Waals surface area (Å²) in [6, 6.07) is 6.03. The Bertz CT molecular complexity index is 929. The predicted octanol–water partition coefficient (Wildman–Crippen LogP) is 2.04. The zero-order valence-corrected chi connectivity index (χ0v) is 15.5. The summed E-state index contributed by atoms with van der Waals surface area (Å²) >= 11 is 0. The molecular formula is C18H22N4O4S. The maximum absolute atomic E-state index is 11.3. The number of sulfonamides is 1. The van der Waals surface area contributed by atoms with Crippen molar-refractivity contribution in [3.63, 3.8) is 0 Å². The van der Waals surface area contributed by atoms with Gasteiger partial charge in [0, 0.05) is 17.4 Å². The van der Waals surface area contributed by atoms with Crippen molar-refractivity contribution in [1.29, 1.82) is 0 Å². The molecule has 0 radical (unpaired) electrons. The van der Waals surface area contributed by atoms with Gasteiger partial charge in [0.25, 0.3) is 0 Å². The minimum Gasteiger partial charge on any atom is -0.471 e. The van der Waals surface area contributed by atoms with E-state index in [0.717, 1.165) is 37.7 Å². The topological polar surface area (TPSA) is 127 Å². The third kappa shape index (κ3) is 4.20. The minimum atomic E-state index is -3.73. The number of hydrogen-bond acceptors (Lipinski definition) is 7. The second kappa shape index (κ2) is 7.06. The molecule has 4 rings (SSSR count). The number of ether oxygens (including phenoxy) is 1. The Morgan fingerprint density at radius 1 is 1.15 bits per heavy atom. The molecule has 1 heterocycles. The summed E-state index contributed by atoms with van der Waals surface area (Å²) in [6.07, 6.45) is 5.75. The van der Waals surface area contributed by atoms with Gasteiger partial charge in [-0.25, -0.2) is 18.5 Å². The van der Waals surface area contributed by atoms with E-state index in [-0.39, 0.29) is 11.0 Å². The van der Waals surface area contributed by atoms with Crippen LogP contribution in [0.4, 0.5) is 11.6 Å². The number of aromatic nitrogens is 2. The zero-order chi connectivity index (χ0) is 19.0. The summed E-state index contributed by atoms with van der Waals surface area (Å²) < 4.78 is 28.7. The third-order valence-corrected chi connectivity index (χ3v) is 5.85. The Kier molecular flexibility index (Phi) is 4.75. The number of aliphatic hydroxyl groups excluding tert-OH is 1. The highest BCUT2D eigenvalue weighted by Crippen LogP contribution is 2.44. The number of hydrogen-bond donors (Lipinski definition) is 3. The Hall–Kier alpha value is -2.23. The van der Waals surface area contributed by atoms with Crippen LogP contribution in [0.25, 0.3) is 0 Å². The van der Waals surface area contributed by atoms with Gasteiger partial charge in [0.05, 0.1) is 11.0 Å². The van der Waals surface area contributed by atoms with E-state index in [1.807, 2.05) is 0 Å². The molecule has 0 spiro atoms. The standard InChI is InChI=1S/C18H22N4O4S/c19-27(24,25)13-8-6-12(7-9-13)21-18-20-10-14(11-4-5-11)17(22-18)26-16-3-1-2-15(16)23/h6-11,15-16,23H,1-5H2,(H2,19,24,25)(H,20,21,22)/t15-,16+/m1/s1. The molecular weight excluding hydrogens is 368 g/mol. The molecule has 144 valence electrons. The highest BCUT2D eigenvalue weighted by molar-refractivity contribution is 7.89. The van der Waals surface area contributed by atoms with E-state index in [4.69, 9.17) is 9.88 Å². The van der Waals surface area contributed by atoms with E-state index in [2.05, 4.69) is 15.3 Å². The van der Waals surface area contributed by atoms with Crippen LogP contribution < -0.4 is 15.2 Å². The van der Waals surface area contributed by atoms with Crippen molar-refractivity contribution in [2.75, 3.05) is 5.32 Å². The van der Waals surface area contributed by atoms with Crippen LogP contribution in [-0.2, 0) is 10.0 Å². The van der Waals surface area contributed by atoms with Crippen LogP contribution in [0.15, 0.2) is 35.4 Å². The number of benzene rings is 1. The summed E-state index contributed by atoms with van der Waals surface area (Å²) in [6.45, 7) is 0. The summed E-state index contributed by atoms with van der Waals surface area (Å²) in [5.41, 5.74) is 1.61. The van der Waals surface area contributed by atoms with Crippen LogP contribution in [-0.4, -0.2) is 35.7 Å². The molecule has 2 fully saturated rings. The molecule has 2 aromatic rings. The van der Waals surface area contributed by atoms with Crippen LogP contribution in [0.3, 0.4) is 0 Å². The molecule has 0 saturated heterocycles. The lowest BCUT2D eigenvalue weighted by Crippen LogP contribution is -2.26. The fourth-order valence-corrected chi connectivity index (χ4v) is 3.76. The van der Waals surface area contributed by atoms with E-state index in [1.165, 1.54) is 12.1 Å². The molecule has 2 atom stereocenters. The molecule has 2 aliphatic carbocycles. The monoisotopic (exact) mass is 390 g/mol. The van der Waals surface area contributed by atoms with Gasteiger partial charge in [-0.1, -0.05) is 0 Å². The molecule has 8 nitrogen and oxygen atoms in total. The lowest BCUT2D eigenvalue weighted by molar-refractivity contribution is 0.0567. The number of anilines is 2. The van der Waals surface area contributed by atoms with Gasteiger partial charge in [-0.3, -0.25) is 0 Å². The highest BCUT2D eigenvalue weighted by atomic mass is 32.2. The van der Waals surface area contributed by atoms with Crippen molar-refractivity contribution in [3.8, 4) is 5.88 Å². The molecule has 9 heteroatoms. The molecule has 2 saturated carbocycles. The first-order valence-corrected chi connectivity index (χ1v) is 10.6. The smallest absolute Gasteiger partial charge is 0.238 e. The van der Waals surface area contributed by atoms with Crippen molar-refractivity contribution < 1.29 is 18.3 Å². The molecule has 0 amide bonds. The lowest BCUT2D eigenvalue weighted by Gasteiger charge is -2.19. The van der Waals surface area contributed by atoms with Gasteiger partial charge in [-0.15, -0.1) is 0 Å². The SMILES string of the molecule is NS(=O)(=O)c1ccc(Nc2ncc(C3CC3)c(O[C@H]3CCC[C@H]3O)n2)cc1. The van der Waals surface area contributed by atoms with E-state index < -0.39 is 16.1 Å². The van der Waals surface area contributed by atoms with Crippen molar-refractivity contribution in [1.82, 2.24) is 9.97 Å². The normalized spacial score (nSPS) is 22.6. The zero-order valence-electron chi connectivity index (χ0n) is 14.7. The average Bonchev–Trinajstić information content (AvgIpc) is 3.38. The number of rotatable bonds is 6. The summed E-state index contributed by atoms with van der Waals surface area (Å²) in [5.74, 6) is 1.29. The molecule has 0 unspecified atom stereocenters. The van der Waals surface area contributed by atoms with Crippen LogP contribution in [0.1, 0.15) is 43.6 Å². The Balaban J connectivity index is 1.55. The molecule has 4 N–H and O–H groups in total. The number of nitrogens with zero attached hydrogens (tertiary/aromatic N) is 2. The summed E-state index contributed by atoms with van der Waals surface area (Å²) in [4.78, 5) is 8.89. The van der Waals surface area contributed by atoms with Crippen molar-refractivity contribution in [3.05, 3.63) is 36.0 Å². The van der Waals surface area contributed by atoms with Crippen LogP contribution in [0, 0.1) is 0 Å². The lowest BCUT2D eigenvalue weighted by atomic mass is 10.2. The van der Waals surface area contributed by atoms with Gasteiger partial charge in [0.15, 0.2) is 0 Å². The van der Waals surface area contributed by atoms with E-state index in [9.17, 15) is 13.5 Å². The number of primary sulfonamides is 1. The Labute approximate surface area is 157 Å². The fourth-order valence-electron chi connectivity index (χ4n) is 3.25. The van der Waals surface area contributed by atoms with Crippen molar-refractivity contribution in [2.45, 2.75) is 55.1 Å². The van der Waals surface area contributed by atoms with Gasteiger partial charge >= 0.3 is 0 Å². The van der Waals surface area contributed by atoms with Gasteiger partial charge < -0.3 is 15.2 Å². The molecule has 27 heavy (non-hydrogen) atoms. The largest absolute Gasteiger partial charge is 0.471 e. The predicted molar refractivity (Wildman–Crippen MR) is 99.4 cm³/mol. The highest BCUT2D eigenvalue weighted by Gasteiger charge is 2.32. The van der Waals surface area contributed by atoms with E-state index in [1.54, 1.807) is 18.3 Å². The number of nitrogens with two attached hydrogens (primary N) is 1. The van der Waals surface area contributed by atoms with E-state index >= 15 is 0 Å². The molecule has 2 aliphatic rings. The molecule has 1 aromatic carbocycles. The average molecular weight is 390 g/mol. The fraction of sp³-hybridized carbons (Fsp3) is 0.444. The van der Waals surface area contributed by atoms with Gasteiger partial charge in [-0.2, -0.15) is 4.98 Å². The Morgan fingerprint density at radius 2 is 1.89 bits per heavy atom. The second-order valence-electron chi connectivity index (χ2n) is 7.08. The minimum absolute atomic E-state index is 0.0392. The van der Waals surface area contributed by atoms with Gasteiger partial charge in [0.2, 0.25) is 21.9 Å². The third-order valence-electron chi connectivity index (χ3n) is 4.92.